The fourth-order valence-corrected chi connectivity index (χ4v) is 4.49. The zero-order valence-electron chi connectivity index (χ0n) is 17.2. The highest BCUT2D eigenvalue weighted by Gasteiger charge is 2.29. The third-order valence-corrected chi connectivity index (χ3v) is 6.33. The Morgan fingerprint density at radius 2 is 1.85 bits per heavy atom. The van der Waals surface area contributed by atoms with Crippen molar-refractivity contribution in [2.45, 2.75) is 11.1 Å². The van der Waals surface area contributed by atoms with Crippen molar-refractivity contribution in [3.8, 4) is 23.0 Å². The Hall–Kier alpha value is -3.58. The third kappa shape index (κ3) is 5.15. The van der Waals surface area contributed by atoms with Crippen LogP contribution in [-0.2, 0) is 10.0 Å². The maximum absolute atomic E-state index is 12.8. The molecule has 0 radical (unpaired) electrons. The molecule has 4 rings (SSSR count). The predicted molar refractivity (Wildman–Crippen MR) is 117 cm³/mol. The molecule has 0 aliphatic carbocycles. The number of H-pyrrole nitrogens is 1. The van der Waals surface area contributed by atoms with Crippen molar-refractivity contribution < 1.29 is 31.1 Å². The summed E-state index contributed by atoms with van der Waals surface area (Å²) in [4.78, 5) is 8.13. The number of alkyl halides is 3. The van der Waals surface area contributed by atoms with Gasteiger partial charge in [0.15, 0.2) is 18.1 Å². The fraction of sp³-hybridized carbons (Fsp3) is 0.150. The van der Waals surface area contributed by atoms with Crippen molar-refractivity contribution in [2.75, 3.05) is 18.4 Å². The van der Waals surface area contributed by atoms with Crippen molar-refractivity contribution in [1.29, 1.82) is 0 Å². The van der Waals surface area contributed by atoms with Gasteiger partial charge in [0.1, 0.15) is 16.0 Å². The van der Waals surface area contributed by atoms with Crippen molar-refractivity contribution in [2.24, 2.45) is 0 Å². The summed E-state index contributed by atoms with van der Waals surface area (Å²) in [5, 5.41) is 6.52. The van der Waals surface area contributed by atoms with Gasteiger partial charge in [0.2, 0.25) is 5.88 Å². The fourth-order valence-electron chi connectivity index (χ4n) is 2.91. The SMILES string of the molecule is COc1ccc(Cl)c(S(=O)(=O)Nc2ccc(-c3nc(OCC(F)(F)F)c4cn[nH]c4n3)cc2)c1. The number of anilines is 1. The van der Waals surface area contributed by atoms with Crippen LogP contribution in [0.2, 0.25) is 5.02 Å². The first-order chi connectivity index (χ1) is 16.1. The highest BCUT2D eigenvalue weighted by molar-refractivity contribution is 7.92. The number of fused-ring (bicyclic) bond motifs is 1. The molecule has 0 aliphatic rings. The van der Waals surface area contributed by atoms with Crippen LogP contribution in [-0.4, -0.2) is 48.5 Å². The molecule has 34 heavy (non-hydrogen) atoms. The number of sulfonamides is 1. The number of methoxy groups -OCH3 is 1. The van der Waals surface area contributed by atoms with E-state index in [-0.39, 0.29) is 38.3 Å². The lowest BCUT2D eigenvalue weighted by atomic mass is 10.2. The molecule has 0 fully saturated rings. The molecule has 2 N–H and O–H groups in total. The number of nitrogens with zero attached hydrogens (tertiary/aromatic N) is 3. The van der Waals surface area contributed by atoms with Crippen molar-refractivity contribution >= 4 is 38.3 Å². The van der Waals surface area contributed by atoms with Crippen LogP contribution in [0.5, 0.6) is 11.6 Å². The van der Waals surface area contributed by atoms with Crippen molar-refractivity contribution in [3.05, 3.63) is 53.7 Å². The van der Waals surface area contributed by atoms with Gasteiger partial charge in [-0.05, 0) is 36.4 Å². The van der Waals surface area contributed by atoms with E-state index in [1.54, 1.807) is 0 Å². The minimum atomic E-state index is -4.55. The lowest BCUT2D eigenvalue weighted by Crippen LogP contribution is -2.20. The topological polar surface area (TPSA) is 119 Å². The van der Waals surface area contributed by atoms with Gasteiger partial charge in [-0.1, -0.05) is 11.6 Å². The molecule has 2 aromatic heterocycles. The first kappa shape index (κ1) is 23.6. The molecule has 0 unspecified atom stereocenters. The molecule has 14 heteroatoms. The molecule has 4 aromatic rings. The zero-order chi connectivity index (χ0) is 24.5. The van der Waals surface area contributed by atoms with E-state index in [0.29, 0.717) is 11.3 Å². The van der Waals surface area contributed by atoms with E-state index in [0.717, 1.165) is 0 Å². The molecule has 0 saturated heterocycles. The molecule has 0 amide bonds. The highest BCUT2D eigenvalue weighted by atomic mass is 35.5. The van der Waals surface area contributed by atoms with Crippen LogP contribution in [0.15, 0.2) is 53.6 Å². The largest absolute Gasteiger partial charge is 0.497 e. The lowest BCUT2D eigenvalue weighted by molar-refractivity contribution is -0.153. The molecule has 0 aliphatic heterocycles. The van der Waals surface area contributed by atoms with Crippen LogP contribution in [0, 0.1) is 0 Å². The van der Waals surface area contributed by atoms with E-state index in [9.17, 15) is 21.6 Å². The summed E-state index contributed by atoms with van der Waals surface area (Å²) < 4.78 is 75.6. The van der Waals surface area contributed by atoms with Crippen LogP contribution in [0.3, 0.4) is 0 Å². The lowest BCUT2D eigenvalue weighted by Gasteiger charge is -2.12. The van der Waals surface area contributed by atoms with Crippen molar-refractivity contribution in [3.63, 3.8) is 0 Å². The number of rotatable bonds is 7. The molecular formula is C20H15ClF3N5O4S. The zero-order valence-corrected chi connectivity index (χ0v) is 18.8. The molecule has 178 valence electrons. The van der Waals surface area contributed by atoms with Crippen LogP contribution >= 0.6 is 11.6 Å². The minimum Gasteiger partial charge on any atom is -0.497 e. The van der Waals surface area contributed by atoms with E-state index < -0.39 is 22.8 Å². The van der Waals surface area contributed by atoms with E-state index in [4.69, 9.17) is 21.1 Å². The van der Waals surface area contributed by atoms with Gasteiger partial charge in [0, 0.05) is 17.3 Å². The summed E-state index contributed by atoms with van der Waals surface area (Å²) in [7, 11) is -2.64. The van der Waals surface area contributed by atoms with E-state index in [2.05, 4.69) is 24.9 Å². The first-order valence-electron chi connectivity index (χ1n) is 9.43. The van der Waals surface area contributed by atoms with Crippen LogP contribution in [0.25, 0.3) is 22.4 Å². The molecule has 0 atom stereocenters. The summed E-state index contributed by atoms with van der Waals surface area (Å²) >= 11 is 6.03. The number of hydrogen-bond acceptors (Lipinski definition) is 7. The van der Waals surface area contributed by atoms with E-state index >= 15 is 0 Å². The summed E-state index contributed by atoms with van der Waals surface area (Å²) in [5.74, 6) is 0.0812. The maximum Gasteiger partial charge on any atom is 0.422 e. The Morgan fingerprint density at radius 1 is 1.12 bits per heavy atom. The highest BCUT2D eigenvalue weighted by Crippen LogP contribution is 2.30. The molecule has 0 bridgehead atoms. The quantitative estimate of drug-likeness (QED) is 0.375. The number of nitrogens with one attached hydrogen (secondary N) is 2. The molecular weight excluding hydrogens is 499 g/mol. The monoisotopic (exact) mass is 513 g/mol. The first-order valence-corrected chi connectivity index (χ1v) is 11.3. The summed E-state index contributed by atoms with van der Waals surface area (Å²) in [6, 6.07) is 10.1. The van der Waals surface area contributed by atoms with E-state index in [1.165, 1.54) is 55.8 Å². The maximum atomic E-state index is 12.8. The second-order valence-corrected chi connectivity index (χ2v) is 8.93. The number of halogens is 4. The van der Waals surface area contributed by atoms with E-state index in [1.807, 2.05) is 0 Å². The normalized spacial score (nSPS) is 12.0. The van der Waals surface area contributed by atoms with Gasteiger partial charge in [-0.25, -0.2) is 13.4 Å². The standard InChI is InChI=1S/C20H15ClF3N5O4S/c1-32-13-6-7-15(21)16(8-13)34(30,31)29-12-4-2-11(3-5-12)17-26-18-14(9-25-28-18)19(27-17)33-10-20(22,23)24/h2-9,29H,10H2,1H3,(H,25,26,27,28). The third-order valence-electron chi connectivity index (χ3n) is 4.47. The van der Waals surface area contributed by atoms with Crippen molar-refractivity contribution in [1.82, 2.24) is 20.2 Å². The molecule has 9 nitrogen and oxygen atoms in total. The van der Waals surface area contributed by atoms with Gasteiger partial charge in [-0.15, -0.1) is 0 Å². The average Bonchev–Trinajstić information content (AvgIpc) is 3.26. The van der Waals surface area contributed by atoms with Crippen LogP contribution < -0.4 is 14.2 Å². The molecule has 2 heterocycles. The summed E-state index contributed by atoms with van der Waals surface area (Å²) in [5.41, 5.74) is 0.786. The van der Waals surface area contributed by atoms with Gasteiger partial charge in [0.25, 0.3) is 10.0 Å². The summed E-state index contributed by atoms with van der Waals surface area (Å²) in [6.07, 6.45) is -3.29. The molecule has 2 aromatic carbocycles. The molecule has 0 saturated carbocycles. The molecule has 0 spiro atoms. The second-order valence-electron chi connectivity index (χ2n) is 6.87. The number of aromatic amines is 1. The van der Waals surface area contributed by atoms with Crippen LogP contribution in [0.4, 0.5) is 18.9 Å². The van der Waals surface area contributed by atoms with Crippen LogP contribution in [0.1, 0.15) is 0 Å². The van der Waals surface area contributed by atoms with Gasteiger partial charge in [-0.2, -0.15) is 23.3 Å². The smallest absolute Gasteiger partial charge is 0.422 e. The number of ether oxygens (including phenoxy) is 2. The van der Waals surface area contributed by atoms with Gasteiger partial charge in [0.05, 0.1) is 18.3 Å². The van der Waals surface area contributed by atoms with Gasteiger partial charge in [-0.3, -0.25) is 9.82 Å². The number of hydrogen-bond donors (Lipinski definition) is 2. The predicted octanol–water partition coefficient (Wildman–Crippen LogP) is 4.42. The Balaban J connectivity index is 1.61. The summed E-state index contributed by atoms with van der Waals surface area (Å²) in [6.45, 7) is -1.53. The Bertz CT molecular complexity index is 1440. The Labute approximate surface area is 195 Å². The Kier molecular flexibility index (Phi) is 6.23. The minimum absolute atomic E-state index is 0.0116. The number of aromatic nitrogens is 4. The number of benzene rings is 2. The van der Waals surface area contributed by atoms with Gasteiger partial charge < -0.3 is 9.47 Å². The second kappa shape index (κ2) is 8.99. The average molecular weight is 514 g/mol. The Morgan fingerprint density at radius 3 is 2.53 bits per heavy atom. The van der Waals surface area contributed by atoms with Gasteiger partial charge >= 0.3 is 6.18 Å².